The number of nitro benzene ring substituents is 1. The number of nitrogens with one attached hydrogen (secondary N) is 1. The average molecular weight is 257 g/mol. The van der Waals surface area contributed by atoms with E-state index >= 15 is 0 Å². The number of rotatable bonds is 2. The lowest BCUT2D eigenvalue weighted by Crippen LogP contribution is -2.26. The smallest absolute Gasteiger partial charge is 0.272 e. The van der Waals surface area contributed by atoms with Crippen LogP contribution in [0.15, 0.2) is 18.2 Å². The highest BCUT2D eigenvalue weighted by atomic mass is 35.5. The zero-order valence-electron chi connectivity index (χ0n) is 9.81. The predicted molar refractivity (Wildman–Crippen MR) is 69.7 cm³/mol. The summed E-state index contributed by atoms with van der Waals surface area (Å²) in [5.74, 6) is 0. The van der Waals surface area contributed by atoms with E-state index < -0.39 is 0 Å². The van der Waals surface area contributed by atoms with Crippen LogP contribution in [-0.4, -0.2) is 11.5 Å². The molecule has 1 aromatic carbocycles. The second-order valence-electron chi connectivity index (χ2n) is 4.31. The lowest BCUT2D eigenvalue weighted by Gasteiger charge is -2.23. The summed E-state index contributed by atoms with van der Waals surface area (Å²) in [6, 6.07) is 5.82. The second-order valence-corrected chi connectivity index (χ2v) is 4.31. The number of benzene rings is 1. The average Bonchev–Trinajstić information content (AvgIpc) is 2.30. The molecule has 1 heterocycles. The van der Waals surface area contributed by atoms with E-state index in [-0.39, 0.29) is 29.1 Å². The van der Waals surface area contributed by atoms with Gasteiger partial charge in [0, 0.05) is 17.7 Å². The Morgan fingerprint density at radius 3 is 2.76 bits per heavy atom. The molecule has 1 N–H and O–H groups in total. The third kappa shape index (κ3) is 3.17. The molecular weight excluding hydrogens is 240 g/mol. The molecular formula is C12H17ClN2O2. The van der Waals surface area contributed by atoms with Crippen LogP contribution in [0.1, 0.15) is 36.4 Å². The number of hydrogen-bond acceptors (Lipinski definition) is 3. The van der Waals surface area contributed by atoms with Gasteiger partial charge < -0.3 is 5.32 Å². The maximum absolute atomic E-state index is 10.8. The van der Waals surface area contributed by atoms with Crippen LogP contribution in [-0.2, 0) is 0 Å². The van der Waals surface area contributed by atoms with Crippen molar-refractivity contribution in [3.8, 4) is 0 Å². The Bertz CT molecular complexity index is 403. The van der Waals surface area contributed by atoms with Crippen LogP contribution >= 0.6 is 12.4 Å². The molecule has 1 fully saturated rings. The maximum Gasteiger partial charge on any atom is 0.272 e. The molecule has 0 spiro atoms. The Labute approximate surface area is 107 Å². The Morgan fingerprint density at radius 2 is 2.18 bits per heavy atom. The topological polar surface area (TPSA) is 55.2 Å². The largest absolute Gasteiger partial charge is 0.310 e. The van der Waals surface area contributed by atoms with E-state index in [0.717, 1.165) is 24.1 Å². The van der Waals surface area contributed by atoms with E-state index in [1.807, 2.05) is 12.1 Å². The van der Waals surface area contributed by atoms with Gasteiger partial charge in [-0.1, -0.05) is 18.6 Å². The van der Waals surface area contributed by atoms with Gasteiger partial charge in [0.1, 0.15) is 0 Å². The standard InChI is InChI=1S/C12H16N2O2.ClH/c1-9-5-6-10(8-12(9)14(15)16)11-4-2-3-7-13-11;/h5-6,8,11,13H,2-4,7H2,1H3;1H/t11-;/m1./s1. The van der Waals surface area contributed by atoms with Gasteiger partial charge in [-0.2, -0.15) is 0 Å². The molecule has 1 aromatic rings. The summed E-state index contributed by atoms with van der Waals surface area (Å²) in [6.07, 6.45) is 3.46. The Hall–Kier alpha value is -1.13. The van der Waals surface area contributed by atoms with Crippen LogP contribution in [0.2, 0.25) is 0 Å². The summed E-state index contributed by atoms with van der Waals surface area (Å²) < 4.78 is 0. The number of nitrogens with zero attached hydrogens (tertiary/aromatic N) is 1. The van der Waals surface area contributed by atoms with Gasteiger partial charge in [-0.15, -0.1) is 12.4 Å². The minimum Gasteiger partial charge on any atom is -0.310 e. The monoisotopic (exact) mass is 256 g/mol. The predicted octanol–water partition coefficient (Wildman–Crippen LogP) is 3.14. The molecule has 5 heteroatoms. The van der Waals surface area contributed by atoms with Crippen molar-refractivity contribution in [2.24, 2.45) is 0 Å². The zero-order valence-corrected chi connectivity index (χ0v) is 10.6. The molecule has 0 amide bonds. The summed E-state index contributed by atoms with van der Waals surface area (Å²) in [5, 5.41) is 14.2. The number of nitro groups is 1. The summed E-state index contributed by atoms with van der Waals surface area (Å²) in [6.45, 7) is 2.78. The van der Waals surface area contributed by atoms with E-state index in [4.69, 9.17) is 0 Å². The van der Waals surface area contributed by atoms with Crippen molar-refractivity contribution in [1.29, 1.82) is 0 Å². The summed E-state index contributed by atoms with van der Waals surface area (Å²) in [7, 11) is 0. The maximum atomic E-state index is 10.8. The lowest BCUT2D eigenvalue weighted by molar-refractivity contribution is -0.385. The first-order valence-corrected chi connectivity index (χ1v) is 5.67. The van der Waals surface area contributed by atoms with Crippen LogP contribution in [0.5, 0.6) is 0 Å². The fourth-order valence-corrected chi connectivity index (χ4v) is 2.18. The van der Waals surface area contributed by atoms with Gasteiger partial charge in [0.15, 0.2) is 0 Å². The van der Waals surface area contributed by atoms with Crippen molar-refractivity contribution >= 4 is 18.1 Å². The molecule has 1 atom stereocenters. The summed E-state index contributed by atoms with van der Waals surface area (Å²) >= 11 is 0. The lowest BCUT2D eigenvalue weighted by atomic mass is 9.96. The number of hydrogen-bond donors (Lipinski definition) is 1. The summed E-state index contributed by atoms with van der Waals surface area (Å²) in [5.41, 5.74) is 1.99. The molecule has 0 saturated carbocycles. The van der Waals surface area contributed by atoms with Crippen molar-refractivity contribution < 1.29 is 4.92 Å². The van der Waals surface area contributed by atoms with Crippen molar-refractivity contribution in [2.75, 3.05) is 6.54 Å². The van der Waals surface area contributed by atoms with E-state index in [9.17, 15) is 10.1 Å². The van der Waals surface area contributed by atoms with E-state index in [2.05, 4.69) is 5.32 Å². The van der Waals surface area contributed by atoms with Crippen LogP contribution in [0, 0.1) is 17.0 Å². The van der Waals surface area contributed by atoms with Gasteiger partial charge in [-0.3, -0.25) is 10.1 Å². The molecule has 17 heavy (non-hydrogen) atoms. The van der Waals surface area contributed by atoms with Gasteiger partial charge in [0.05, 0.1) is 4.92 Å². The highest BCUT2D eigenvalue weighted by molar-refractivity contribution is 5.85. The van der Waals surface area contributed by atoms with E-state index in [1.165, 1.54) is 12.8 Å². The first kappa shape index (κ1) is 13.9. The molecule has 1 aliphatic heterocycles. The van der Waals surface area contributed by atoms with Crippen LogP contribution in [0.25, 0.3) is 0 Å². The molecule has 94 valence electrons. The first-order valence-electron chi connectivity index (χ1n) is 5.67. The molecule has 0 bridgehead atoms. The van der Waals surface area contributed by atoms with Gasteiger partial charge in [-0.25, -0.2) is 0 Å². The number of halogens is 1. The van der Waals surface area contributed by atoms with Gasteiger partial charge in [0.25, 0.3) is 5.69 Å². The quantitative estimate of drug-likeness (QED) is 0.653. The highest BCUT2D eigenvalue weighted by Gasteiger charge is 2.18. The van der Waals surface area contributed by atoms with E-state index in [1.54, 1.807) is 13.0 Å². The molecule has 4 nitrogen and oxygen atoms in total. The van der Waals surface area contributed by atoms with Crippen molar-refractivity contribution in [1.82, 2.24) is 5.32 Å². The first-order chi connectivity index (χ1) is 7.68. The number of piperidine rings is 1. The molecule has 1 aliphatic rings. The molecule has 0 radical (unpaired) electrons. The van der Waals surface area contributed by atoms with Crippen molar-refractivity contribution in [3.63, 3.8) is 0 Å². The highest BCUT2D eigenvalue weighted by Crippen LogP contribution is 2.27. The second kappa shape index (κ2) is 5.98. The third-order valence-corrected chi connectivity index (χ3v) is 3.14. The third-order valence-electron chi connectivity index (χ3n) is 3.14. The normalized spacial score (nSPS) is 19.5. The van der Waals surface area contributed by atoms with Crippen molar-refractivity contribution in [3.05, 3.63) is 39.4 Å². The molecule has 0 unspecified atom stereocenters. The molecule has 1 saturated heterocycles. The minimum absolute atomic E-state index is 0. The van der Waals surface area contributed by atoms with Gasteiger partial charge in [-0.05, 0) is 31.9 Å². The fourth-order valence-electron chi connectivity index (χ4n) is 2.18. The van der Waals surface area contributed by atoms with Gasteiger partial charge in [0.2, 0.25) is 0 Å². The van der Waals surface area contributed by atoms with E-state index in [0.29, 0.717) is 0 Å². The van der Waals surface area contributed by atoms with Crippen LogP contribution in [0.4, 0.5) is 5.69 Å². The van der Waals surface area contributed by atoms with Gasteiger partial charge >= 0.3 is 0 Å². The Kier molecular flexibility index (Phi) is 4.90. The molecule has 0 aliphatic carbocycles. The van der Waals surface area contributed by atoms with Crippen LogP contribution in [0.3, 0.4) is 0 Å². The SMILES string of the molecule is Cc1ccc([C@H]2CCCCN2)cc1[N+](=O)[O-].Cl. The minimum atomic E-state index is -0.304. The van der Waals surface area contributed by atoms with Crippen LogP contribution < -0.4 is 5.32 Å². The zero-order chi connectivity index (χ0) is 11.5. The Balaban J connectivity index is 0.00000144. The van der Waals surface area contributed by atoms with Crippen molar-refractivity contribution in [2.45, 2.75) is 32.2 Å². The Morgan fingerprint density at radius 1 is 1.41 bits per heavy atom. The fraction of sp³-hybridized carbons (Fsp3) is 0.500. The summed E-state index contributed by atoms with van der Waals surface area (Å²) in [4.78, 5) is 10.5. The molecule has 0 aromatic heterocycles. The number of aryl methyl sites for hydroxylation is 1. The molecule has 2 rings (SSSR count).